The van der Waals surface area contributed by atoms with Crippen LogP contribution in [-0.4, -0.2) is 18.1 Å². The van der Waals surface area contributed by atoms with Crippen LogP contribution in [0.25, 0.3) is 0 Å². The SMILES string of the molecule is CCC(C)C(=O)Nc1cccc(CNC(=O)c2ccc(SC)cc2)c1. The van der Waals surface area contributed by atoms with Gasteiger partial charge in [0.1, 0.15) is 0 Å². The van der Waals surface area contributed by atoms with E-state index in [1.165, 1.54) is 0 Å². The third kappa shape index (κ3) is 5.64. The molecule has 2 amide bonds. The van der Waals surface area contributed by atoms with Crippen molar-refractivity contribution in [3.63, 3.8) is 0 Å². The van der Waals surface area contributed by atoms with Crippen LogP contribution in [0, 0.1) is 5.92 Å². The molecule has 0 saturated carbocycles. The minimum Gasteiger partial charge on any atom is -0.348 e. The van der Waals surface area contributed by atoms with Crippen molar-refractivity contribution in [2.45, 2.75) is 31.7 Å². The van der Waals surface area contributed by atoms with Gasteiger partial charge in [0.2, 0.25) is 5.91 Å². The molecule has 0 heterocycles. The fraction of sp³-hybridized carbons (Fsp3) is 0.300. The van der Waals surface area contributed by atoms with Crippen LogP contribution in [0.4, 0.5) is 5.69 Å². The molecule has 2 rings (SSSR count). The molecule has 1 atom stereocenters. The predicted molar refractivity (Wildman–Crippen MR) is 104 cm³/mol. The molecule has 0 aromatic heterocycles. The molecule has 0 spiro atoms. The summed E-state index contributed by atoms with van der Waals surface area (Å²) in [6.45, 7) is 4.31. The van der Waals surface area contributed by atoms with Crippen LogP contribution in [0.15, 0.2) is 53.4 Å². The van der Waals surface area contributed by atoms with E-state index in [2.05, 4.69) is 10.6 Å². The van der Waals surface area contributed by atoms with Gasteiger partial charge in [-0.05, 0) is 54.6 Å². The van der Waals surface area contributed by atoms with E-state index in [1.807, 2.05) is 68.6 Å². The zero-order chi connectivity index (χ0) is 18.2. The molecule has 2 aromatic carbocycles. The van der Waals surface area contributed by atoms with Gasteiger partial charge >= 0.3 is 0 Å². The van der Waals surface area contributed by atoms with Crippen LogP contribution in [0.1, 0.15) is 36.2 Å². The molecule has 0 aliphatic carbocycles. The van der Waals surface area contributed by atoms with Crippen LogP contribution in [0.2, 0.25) is 0 Å². The Morgan fingerprint density at radius 2 is 1.84 bits per heavy atom. The second-order valence-corrected chi connectivity index (χ2v) is 6.79. The van der Waals surface area contributed by atoms with E-state index in [0.717, 1.165) is 22.6 Å². The third-order valence-electron chi connectivity index (χ3n) is 4.06. The summed E-state index contributed by atoms with van der Waals surface area (Å²) in [7, 11) is 0. The highest BCUT2D eigenvalue weighted by Gasteiger charge is 2.11. The lowest BCUT2D eigenvalue weighted by Crippen LogP contribution is -2.23. The number of hydrogen-bond donors (Lipinski definition) is 2. The lowest BCUT2D eigenvalue weighted by atomic mass is 10.1. The maximum absolute atomic E-state index is 12.2. The number of amides is 2. The third-order valence-corrected chi connectivity index (χ3v) is 4.80. The molecule has 2 aromatic rings. The number of hydrogen-bond acceptors (Lipinski definition) is 3. The summed E-state index contributed by atoms with van der Waals surface area (Å²) < 4.78 is 0. The summed E-state index contributed by atoms with van der Waals surface area (Å²) >= 11 is 1.64. The van der Waals surface area contributed by atoms with Gasteiger partial charge in [0.15, 0.2) is 0 Å². The Balaban J connectivity index is 1.95. The first-order chi connectivity index (χ1) is 12.0. The van der Waals surface area contributed by atoms with E-state index < -0.39 is 0 Å². The molecular weight excluding hydrogens is 332 g/mol. The number of nitrogens with one attached hydrogen (secondary N) is 2. The Bertz CT molecular complexity index is 729. The maximum Gasteiger partial charge on any atom is 0.251 e. The monoisotopic (exact) mass is 356 g/mol. The topological polar surface area (TPSA) is 58.2 Å². The fourth-order valence-corrected chi connectivity index (χ4v) is 2.64. The summed E-state index contributed by atoms with van der Waals surface area (Å²) in [5.41, 5.74) is 2.33. The minimum atomic E-state index is -0.110. The quantitative estimate of drug-likeness (QED) is 0.726. The van der Waals surface area contributed by atoms with Crippen LogP contribution in [0.3, 0.4) is 0 Å². The van der Waals surface area contributed by atoms with Gasteiger partial charge < -0.3 is 10.6 Å². The second-order valence-electron chi connectivity index (χ2n) is 5.91. The lowest BCUT2D eigenvalue weighted by molar-refractivity contribution is -0.119. The summed E-state index contributed by atoms with van der Waals surface area (Å²) in [4.78, 5) is 25.3. The van der Waals surface area contributed by atoms with Gasteiger partial charge in [0.05, 0.1) is 0 Å². The molecule has 5 heteroatoms. The van der Waals surface area contributed by atoms with E-state index in [1.54, 1.807) is 11.8 Å². The van der Waals surface area contributed by atoms with Crippen molar-refractivity contribution in [1.82, 2.24) is 5.32 Å². The molecule has 0 aliphatic rings. The molecule has 132 valence electrons. The summed E-state index contributed by atoms with van der Waals surface area (Å²) in [6, 6.07) is 15.1. The van der Waals surface area contributed by atoms with Crippen molar-refractivity contribution >= 4 is 29.3 Å². The Morgan fingerprint density at radius 3 is 2.48 bits per heavy atom. The zero-order valence-corrected chi connectivity index (χ0v) is 15.7. The van der Waals surface area contributed by atoms with Gasteiger partial charge in [-0.3, -0.25) is 9.59 Å². The fourth-order valence-electron chi connectivity index (χ4n) is 2.24. The van der Waals surface area contributed by atoms with Crippen LogP contribution in [-0.2, 0) is 11.3 Å². The Kier molecular flexibility index (Phi) is 7.07. The number of thioether (sulfide) groups is 1. The first-order valence-corrected chi connectivity index (χ1v) is 9.58. The highest BCUT2D eigenvalue weighted by Crippen LogP contribution is 2.15. The molecule has 0 aliphatic heterocycles. The van der Waals surface area contributed by atoms with E-state index >= 15 is 0 Å². The highest BCUT2D eigenvalue weighted by atomic mass is 32.2. The first-order valence-electron chi connectivity index (χ1n) is 8.35. The second kappa shape index (κ2) is 9.28. The summed E-state index contributed by atoms with van der Waals surface area (Å²) in [6.07, 6.45) is 2.80. The average molecular weight is 356 g/mol. The van der Waals surface area contributed by atoms with Crippen LogP contribution < -0.4 is 10.6 Å². The number of anilines is 1. The van der Waals surface area contributed by atoms with Crippen molar-refractivity contribution < 1.29 is 9.59 Å². The van der Waals surface area contributed by atoms with Crippen molar-refractivity contribution in [3.8, 4) is 0 Å². The van der Waals surface area contributed by atoms with Gasteiger partial charge in [0, 0.05) is 28.6 Å². The number of carbonyl (C=O) groups excluding carboxylic acids is 2. The smallest absolute Gasteiger partial charge is 0.251 e. The van der Waals surface area contributed by atoms with E-state index in [-0.39, 0.29) is 17.7 Å². The van der Waals surface area contributed by atoms with Gasteiger partial charge in [-0.15, -0.1) is 11.8 Å². The number of rotatable bonds is 7. The number of benzene rings is 2. The van der Waals surface area contributed by atoms with E-state index in [4.69, 9.17) is 0 Å². The molecule has 0 bridgehead atoms. The van der Waals surface area contributed by atoms with Crippen molar-refractivity contribution in [1.29, 1.82) is 0 Å². The molecule has 0 radical (unpaired) electrons. The van der Waals surface area contributed by atoms with Gasteiger partial charge in [-0.2, -0.15) is 0 Å². The van der Waals surface area contributed by atoms with Crippen LogP contribution in [0.5, 0.6) is 0 Å². The highest BCUT2D eigenvalue weighted by molar-refractivity contribution is 7.98. The molecule has 4 nitrogen and oxygen atoms in total. The summed E-state index contributed by atoms with van der Waals surface area (Å²) in [5, 5.41) is 5.82. The molecule has 25 heavy (non-hydrogen) atoms. The van der Waals surface area contributed by atoms with E-state index in [9.17, 15) is 9.59 Å². The Morgan fingerprint density at radius 1 is 1.12 bits per heavy atom. The zero-order valence-electron chi connectivity index (χ0n) is 14.8. The summed E-state index contributed by atoms with van der Waals surface area (Å²) in [5.74, 6) is -0.119. The number of carbonyl (C=O) groups is 2. The van der Waals surface area contributed by atoms with Gasteiger partial charge in [0.25, 0.3) is 5.91 Å². The van der Waals surface area contributed by atoms with E-state index in [0.29, 0.717) is 12.1 Å². The Hall–Kier alpha value is -2.27. The lowest BCUT2D eigenvalue weighted by Gasteiger charge is -2.11. The van der Waals surface area contributed by atoms with Gasteiger partial charge in [-0.25, -0.2) is 0 Å². The standard InChI is InChI=1S/C20H24N2O2S/c1-4-14(2)19(23)22-17-7-5-6-15(12-17)13-21-20(24)16-8-10-18(25-3)11-9-16/h5-12,14H,4,13H2,1-3H3,(H,21,24)(H,22,23). The largest absolute Gasteiger partial charge is 0.348 e. The minimum absolute atomic E-state index is 0.0116. The van der Waals surface area contributed by atoms with Crippen molar-refractivity contribution in [3.05, 3.63) is 59.7 Å². The molecule has 2 N–H and O–H groups in total. The van der Waals surface area contributed by atoms with Crippen molar-refractivity contribution in [2.75, 3.05) is 11.6 Å². The van der Waals surface area contributed by atoms with Crippen molar-refractivity contribution in [2.24, 2.45) is 5.92 Å². The molecule has 1 unspecified atom stereocenters. The average Bonchev–Trinajstić information content (AvgIpc) is 2.65. The Labute approximate surface area is 153 Å². The predicted octanol–water partition coefficient (Wildman–Crippen LogP) is 4.32. The molecule has 0 fully saturated rings. The normalized spacial score (nSPS) is 11.6. The van der Waals surface area contributed by atoms with Gasteiger partial charge in [-0.1, -0.05) is 26.0 Å². The first kappa shape index (κ1) is 19.1. The van der Waals surface area contributed by atoms with Crippen LogP contribution >= 0.6 is 11.8 Å². The molecular formula is C20H24N2O2S. The molecule has 0 saturated heterocycles. The maximum atomic E-state index is 12.2.